The predicted octanol–water partition coefficient (Wildman–Crippen LogP) is 6.03. The number of para-hydroxylation sites is 1. The number of anilines is 1. The van der Waals surface area contributed by atoms with Crippen LogP contribution in [0, 0.1) is 0 Å². The number of nitrogens with zero attached hydrogens (tertiary/aromatic N) is 3. The molecule has 4 aromatic rings. The molecular formula is C21H13Cl3N4O. The molecule has 1 amide bonds. The maximum atomic E-state index is 12.3. The standard InChI is InChI=1S/C21H13Cl3N4O/c22-14-8-6-13(16(23)10-14)7-9-21(29)25-18-12-20-19(11-17(18)24)26-28(27-20)15-4-2-1-3-5-15/h1-12H,(H,25,29)/b9-7+. The molecule has 3 aromatic carbocycles. The maximum Gasteiger partial charge on any atom is 0.248 e. The zero-order chi connectivity index (χ0) is 20.4. The van der Waals surface area contributed by atoms with Crippen LogP contribution in [0.4, 0.5) is 5.69 Å². The first-order valence-electron chi connectivity index (χ1n) is 8.56. The number of amides is 1. The molecule has 5 nitrogen and oxygen atoms in total. The number of carbonyl (C=O) groups is 1. The lowest BCUT2D eigenvalue weighted by atomic mass is 10.2. The first-order chi connectivity index (χ1) is 14.0. The molecule has 0 saturated carbocycles. The number of benzene rings is 3. The fraction of sp³-hybridized carbons (Fsp3) is 0. The molecule has 144 valence electrons. The molecule has 0 saturated heterocycles. The lowest BCUT2D eigenvalue weighted by Gasteiger charge is -2.04. The Bertz CT molecular complexity index is 1240. The van der Waals surface area contributed by atoms with Crippen molar-refractivity contribution in [1.29, 1.82) is 0 Å². The quantitative estimate of drug-likeness (QED) is 0.392. The van der Waals surface area contributed by atoms with E-state index in [1.807, 2.05) is 30.3 Å². The molecule has 1 aromatic heterocycles. The van der Waals surface area contributed by atoms with Crippen molar-refractivity contribution in [2.45, 2.75) is 0 Å². The van der Waals surface area contributed by atoms with Gasteiger partial charge in [0.2, 0.25) is 5.91 Å². The summed E-state index contributed by atoms with van der Waals surface area (Å²) in [4.78, 5) is 13.8. The minimum Gasteiger partial charge on any atom is -0.321 e. The van der Waals surface area contributed by atoms with E-state index in [1.165, 1.54) is 10.9 Å². The van der Waals surface area contributed by atoms with Gasteiger partial charge in [-0.2, -0.15) is 4.80 Å². The van der Waals surface area contributed by atoms with Gasteiger partial charge in [0, 0.05) is 16.1 Å². The molecule has 29 heavy (non-hydrogen) atoms. The van der Waals surface area contributed by atoms with Crippen LogP contribution in [-0.4, -0.2) is 20.9 Å². The molecule has 1 heterocycles. The molecule has 0 spiro atoms. The smallest absolute Gasteiger partial charge is 0.248 e. The number of hydrogen-bond acceptors (Lipinski definition) is 3. The number of fused-ring (bicyclic) bond motifs is 1. The second-order valence-corrected chi connectivity index (χ2v) is 7.39. The van der Waals surface area contributed by atoms with E-state index in [2.05, 4.69) is 15.5 Å². The molecule has 0 aliphatic heterocycles. The first kappa shape index (κ1) is 19.5. The third-order valence-corrected chi connectivity index (χ3v) is 4.97. The van der Waals surface area contributed by atoms with Crippen molar-refractivity contribution in [3.05, 3.63) is 87.4 Å². The van der Waals surface area contributed by atoms with Gasteiger partial charge < -0.3 is 5.32 Å². The van der Waals surface area contributed by atoms with E-state index >= 15 is 0 Å². The summed E-state index contributed by atoms with van der Waals surface area (Å²) in [6, 6.07) is 17.9. The average Bonchev–Trinajstić information content (AvgIpc) is 3.11. The molecule has 4 rings (SSSR count). The number of carbonyl (C=O) groups excluding carboxylic acids is 1. The third kappa shape index (κ3) is 4.43. The van der Waals surface area contributed by atoms with E-state index in [0.717, 1.165) is 5.69 Å². The van der Waals surface area contributed by atoms with Gasteiger partial charge >= 0.3 is 0 Å². The predicted molar refractivity (Wildman–Crippen MR) is 118 cm³/mol. The Kier molecular flexibility index (Phi) is 5.53. The number of hydrogen-bond donors (Lipinski definition) is 1. The summed E-state index contributed by atoms with van der Waals surface area (Å²) in [5.74, 6) is -0.354. The highest BCUT2D eigenvalue weighted by Gasteiger charge is 2.11. The Morgan fingerprint density at radius 3 is 2.34 bits per heavy atom. The fourth-order valence-corrected chi connectivity index (χ4v) is 3.36. The molecule has 0 atom stereocenters. The van der Waals surface area contributed by atoms with Gasteiger partial charge in [0.1, 0.15) is 11.0 Å². The van der Waals surface area contributed by atoms with Crippen LogP contribution in [0.25, 0.3) is 22.8 Å². The second-order valence-electron chi connectivity index (χ2n) is 6.13. The fourth-order valence-electron chi connectivity index (χ4n) is 2.69. The van der Waals surface area contributed by atoms with E-state index in [9.17, 15) is 4.79 Å². The number of nitrogens with one attached hydrogen (secondary N) is 1. The topological polar surface area (TPSA) is 59.8 Å². The minimum atomic E-state index is -0.354. The summed E-state index contributed by atoms with van der Waals surface area (Å²) in [5.41, 5.74) is 3.18. The highest BCUT2D eigenvalue weighted by atomic mass is 35.5. The number of rotatable bonds is 4. The Morgan fingerprint density at radius 1 is 0.897 bits per heavy atom. The van der Waals surface area contributed by atoms with Crippen LogP contribution in [0.2, 0.25) is 15.1 Å². The molecule has 0 aliphatic carbocycles. The summed E-state index contributed by atoms with van der Waals surface area (Å²) < 4.78 is 0. The summed E-state index contributed by atoms with van der Waals surface area (Å²) in [5, 5.41) is 13.0. The van der Waals surface area contributed by atoms with E-state index in [0.29, 0.717) is 37.4 Å². The van der Waals surface area contributed by atoms with Crippen molar-refractivity contribution in [2.75, 3.05) is 5.32 Å². The Morgan fingerprint density at radius 2 is 1.62 bits per heavy atom. The van der Waals surface area contributed by atoms with Gasteiger partial charge in [-0.25, -0.2) is 0 Å². The third-order valence-electron chi connectivity index (χ3n) is 4.09. The maximum absolute atomic E-state index is 12.3. The van der Waals surface area contributed by atoms with Crippen molar-refractivity contribution in [3.8, 4) is 5.69 Å². The molecule has 0 radical (unpaired) electrons. The van der Waals surface area contributed by atoms with Gasteiger partial charge in [0.25, 0.3) is 0 Å². The van der Waals surface area contributed by atoms with Crippen molar-refractivity contribution >= 4 is 63.5 Å². The monoisotopic (exact) mass is 442 g/mol. The molecule has 1 N–H and O–H groups in total. The van der Waals surface area contributed by atoms with E-state index < -0.39 is 0 Å². The molecule has 0 fully saturated rings. The van der Waals surface area contributed by atoms with Crippen molar-refractivity contribution in [3.63, 3.8) is 0 Å². The molecule has 0 bridgehead atoms. The van der Waals surface area contributed by atoms with E-state index in [4.69, 9.17) is 34.8 Å². The highest BCUT2D eigenvalue weighted by Crippen LogP contribution is 2.27. The van der Waals surface area contributed by atoms with E-state index in [1.54, 1.807) is 36.4 Å². The Balaban J connectivity index is 1.56. The van der Waals surface area contributed by atoms with Gasteiger partial charge in [-0.1, -0.05) is 59.1 Å². The summed E-state index contributed by atoms with van der Waals surface area (Å²) in [6.45, 7) is 0. The Labute approximate surface area is 181 Å². The lowest BCUT2D eigenvalue weighted by Crippen LogP contribution is -2.08. The molecule has 0 aliphatic rings. The summed E-state index contributed by atoms with van der Waals surface area (Å²) in [7, 11) is 0. The Hall–Kier alpha value is -2.86. The molecular weight excluding hydrogens is 431 g/mol. The minimum absolute atomic E-state index is 0.354. The van der Waals surface area contributed by atoms with Crippen LogP contribution in [0.3, 0.4) is 0 Å². The zero-order valence-corrected chi connectivity index (χ0v) is 17.1. The normalized spacial score (nSPS) is 11.3. The first-order valence-corrected chi connectivity index (χ1v) is 9.69. The number of aromatic nitrogens is 3. The molecule has 8 heteroatoms. The SMILES string of the molecule is O=C(/C=C/c1ccc(Cl)cc1Cl)Nc1cc2nn(-c3ccccc3)nc2cc1Cl. The van der Waals surface area contributed by atoms with Crippen molar-refractivity contribution in [1.82, 2.24) is 15.0 Å². The second kappa shape index (κ2) is 8.25. The van der Waals surface area contributed by atoms with Crippen molar-refractivity contribution in [2.24, 2.45) is 0 Å². The van der Waals surface area contributed by atoms with Crippen LogP contribution >= 0.6 is 34.8 Å². The zero-order valence-electron chi connectivity index (χ0n) is 14.8. The van der Waals surface area contributed by atoms with Crippen LogP contribution in [0.5, 0.6) is 0 Å². The van der Waals surface area contributed by atoms with Crippen LogP contribution < -0.4 is 5.32 Å². The molecule has 0 unspecified atom stereocenters. The van der Waals surface area contributed by atoms with Gasteiger partial charge in [0.05, 0.1) is 16.4 Å². The van der Waals surface area contributed by atoms with Crippen LogP contribution in [0.15, 0.2) is 66.7 Å². The summed E-state index contributed by atoms with van der Waals surface area (Å²) in [6.07, 6.45) is 2.97. The van der Waals surface area contributed by atoms with Gasteiger partial charge in [-0.05, 0) is 48.0 Å². The number of halogens is 3. The average molecular weight is 444 g/mol. The van der Waals surface area contributed by atoms with E-state index in [-0.39, 0.29) is 5.91 Å². The van der Waals surface area contributed by atoms with Crippen LogP contribution in [-0.2, 0) is 4.79 Å². The van der Waals surface area contributed by atoms with Crippen LogP contribution in [0.1, 0.15) is 5.56 Å². The lowest BCUT2D eigenvalue weighted by molar-refractivity contribution is -0.111. The largest absolute Gasteiger partial charge is 0.321 e. The van der Waals surface area contributed by atoms with Crippen molar-refractivity contribution < 1.29 is 4.79 Å². The van der Waals surface area contributed by atoms with Gasteiger partial charge in [-0.3, -0.25) is 4.79 Å². The van der Waals surface area contributed by atoms with Gasteiger partial charge in [0.15, 0.2) is 0 Å². The highest BCUT2D eigenvalue weighted by molar-refractivity contribution is 6.36. The van der Waals surface area contributed by atoms with Gasteiger partial charge in [-0.15, -0.1) is 10.2 Å². The summed E-state index contributed by atoms with van der Waals surface area (Å²) >= 11 is 18.3.